The van der Waals surface area contributed by atoms with Gasteiger partial charge in [0.25, 0.3) is 20.2 Å². The molecule has 5 rings (SSSR count). The molecule has 0 saturated heterocycles. The average Bonchev–Trinajstić information content (AvgIpc) is 2.95. The Kier molecular flexibility index (Phi) is 12.9. The van der Waals surface area contributed by atoms with Crippen LogP contribution in [0.4, 0.5) is 0 Å². The van der Waals surface area contributed by atoms with E-state index in [1.165, 1.54) is 34.1 Å². The van der Waals surface area contributed by atoms with Gasteiger partial charge < -0.3 is 0 Å². The summed E-state index contributed by atoms with van der Waals surface area (Å²) in [5.74, 6) is 0. The Morgan fingerprint density at radius 2 is 0.659 bits per heavy atom. The summed E-state index contributed by atoms with van der Waals surface area (Å²) in [6.07, 6.45) is 0. The normalized spacial score (nSPS) is 11.0. The van der Waals surface area contributed by atoms with Crippen LogP contribution in [0.1, 0.15) is 0 Å². The summed E-state index contributed by atoms with van der Waals surface area (Å²) in [5, 5.41) is 0. The first kappa shape index (κ1) is 33.3. The van der Waals surface area contributed by atoms with Gasteiger partial charge in [0.05, 0.1) is 9.79 Å². The van der Waals surface area contributed by atoms with Crippen LogP contribution in [-0.4, -0.2) is 47.7 Å². The minimum atomic E-state index is -4.04. The van der Waals surface area contributed by atoms with E-state index in [9.17, 15) is 16.8 Å². The summed E-state index contributed by atoms with van der Waals surface area (Å²) in [4.78, 5) is -0.193. The van der Waals surface area contributed by atoms with Crippen molar-refractivity contribution in [3.8, 4) is 0 Å². The van der Waals surface area contributed by atoms with E-state index in [1.54, 1.807) is 24.3 Å². The molecule has 11 heteroatoms. The predicted molar refractivity (Wildman–Crippen MR) is 172 cm³/mol. The molecular weight excluding hydrogens is 889 g/mol. The van der Waals surface area contributed by atoms with Crippen molar-refractivity contribution in [1.82, 2.24) is 0 Å². The number of benzene rings is 5. The molecule has 0 aliphatic rings. The predicted octanol–water partition coefficient (Wildman–Crippen LogP) is 5.59. The molecule has 0 bridgehead atoms. The molecule has 6 nitrogen and oxygen atoms in total. The molecule has 0 spiro atoms. The van der Waals surface area contributed by atoms with Crippen molar-refractivity contribution in [1.29, 1.82) is 0 Å². The fourth-order valence-electron chi connectivity index (χ4n) is 3.39. The molecule has 0 fully saturated rings. The molecule has 0 aromatic heterocycles. The van der Waals surface area contributed by atoms with E-state index in [4.69, 9.17) is 9.11 Å². The van der Waals surface area contributed by atoms with Crippen LogP contribution in [-0.2, 0) is 20.2 Å². The summed E-state index contributed by atoms with van der Waals surface area (Å²) in [7, 11) is -8.08. The van der Waals surface area contributed by atoms with Gasteiger partial charge in [-0.25, -0.2) is 0 Å². The molecule has 2 N–H and O–H groups in total. The summed E-state index contributed by atoms with van der Waals surface area (Å²) >= 11 is 4.21. The zero-order valence-electron chi connectivity index (χ0n) is 21.3. The van der Waals surface area contributed by atoms with Gasteiger partial charge in [-0.15, -0.1) is 0 Å². The van der Waals surface area contributed by atoms with Crippen LogP contribution >= 0.6 is 31.9 Å². The van der Waals surface area contributed by atoms with Crippen LogP contribution in [0.15, 0.2) is 158 Å². The van der Waals surface area contributed by atoms with Gasteiger partial charge in [0.15, 0.2) is 0 Å². The third-order valence-corrected chi connectivity index (χ3v) is 17.6. The average molecular weight is 914 g/mol. The summed E-state index contributed by atoms with van der Waals surface area (Å²) in [6, 6.07) is 44.4. The van der Waals surface area contributed by atoms with E-state index in [0.717, 1.165) is 8.95 Å². The Bertz CT molecular complexity index is 1550. The van der Waals surface area contributed by atoms with Gasteiger partial charge in [-0.3, -0.25) is 9.11 Å². The standard InChI is InChI=1S/2C6H5BrO3S.3C6H5.Bi/c2*7-5-1-3-6(4-2-5)11(8,9)10;3*1-2-4-6-5-3-1;/h2*1-4H,(H,8,9,10);3*1-5H;. The Morgan fingerprint density at radius 3 is 0.878 bits per heavy atom. The molecule has 0 atom stereocenters. The second-order valence-corrected chi connectivity index (χ2v) is 21.5. The fourth-order valence-corrected chi connectivity index (χ4v) is 13.8. The number of halogens is 2. The quantitative estimate of drug-likeness (QED) is 0.176. The van der Waals surface area contributed by atoms with Gasteiger partial charge in [-0.2, -0.15) is 16.8 Å². The summed E-state index contributed by atoms with van der Waals surface area (Å²) in [6.45, 7) is 0. The molecule has 0 unspecified atom stereocenters. The topological polar surface area (TPSA) is 109 Å². The molecule has 5 aromatic carbocycles. The van der Waals surface area contributed by atoms with E-state index in [-0.39, 0.29) is 9.79 Å². The van der Waals surface area contributed by atoms with Crippen molar-refractivity contribution in [2.24, 2.45) is 0 Å². The van der Waals surface area contributed by atoms with Gasteiger partial charge >= 0.3 is 123 Å². The minimum absolute atomic E-state index is 0.0966. The van der Waals surface area contributed by atoms with Gasteiger partial charge in [-0.05, 0) is 48.5 Å². The monoisotopic (exact) mass is 912 g/mol. The molecule has 0 saturated carbocycles. The van der Waals surface area contributed by atoms with Crippen molar-refractivity contribution in [3.63, 3.8) is 0 Å². The number of hydrogen-bond donors (Lipinski definition) is 2. The number of hydrogen-bond acceptors (Lipinski definition) is 4. The summed E-state index contributed by atoms with van der Waals surface area (Å²) in [5.41, 5.74) is 0. The Morgan fingerprint density at radius 1 is 0.415 bits per heavy atom. The molecule has 5 aromatic rings. The third kappa shape index (κ3) is 11.2. The van der Waals surface area contributed by atoms with E-state index in [0.29, 0.717) is 0 Å². The zero-order chi connectivity index (χ0) is 29.9. The molecule has 212 valence electrons. The molecule has 0 aliphatic heterocycles. The summed E-state index contributed by atoms with van der Waals surface area (Å²) < 4.78 is 65.2. The van der Waals surface area contributed by atoms with Gasteiger partial charge in [0, 0.05) is 8.95 Å². The van der Waals surface area contributed by atoms with Crippen molar-refractivity contribution in [3.05, 3.63) is 148 Å². The van der Waals surface area contributed by atoms with Crippen LogP contribution in [0, 0.1) is 0 Å². The van der Waals surface area contributed by atoms with Gasteiger partial charge in [0.2, 0.25) is 0 Å². The second-order valence-electron chi connectivity index (χ2n) is 8.20. The molecule has 0 aliphatic carbocycles. The Hall–Kier alpha value is -2.24. The van der Waals surface area contributed by atoms with Crippen LogP contribution in [0.5, 0.6) is 0 Å². The van der Waals surface area contributed by atoms with Crippen molar-refractivity contribution in [2.45, 2.75) is 9.79 Å². The van der Waals surface area contributed by atoms with Crippen molar-refractivity contribution < 1.29 is 25.9 Å². The zero-order valence-corrected chi connectivity index (χ0v) is 29.6. The van der Waals surface area contributed by atoms with Crippen LogP contribution in [0.2, 0.25) is 0 Å². The fraction of sp³-hybridized carbons (Fsp3) is 0. The maximum absolute atomic E-state index is 10.5. The van der Waals surface area contributed by atoms with Gasteiger partial charge in [-0.1, -0.05) is 31.9 Å². The molecular formula is C30H25BiBr2O6S2. The molecule has 41 heavy (non-hydrogen) atoms. The van der Waals surface area contributed by atoms with E-state index in [1.807, 2.05) is 0 Å². The third-order valence-electron chi connectivity index (χ3n) is 5.27. The SMILES string of the molecule is O=S(=O)(O)c1ccc(Br)cc1.O=S(=O)(O)c1ccc(Br)cc1.c1cc[c]([Bi]([c]2ccccc2)[c]2ccccc2)cc1. The number of rotatable bonds is 5. The van der Waals surface area contributed by atoms with Crippen LogP contribution in [0.25, 0.3) is 0 Å². The van der Waals surface area contributed by atoms with Gasteiger partial charge in [0.1, 0.15) is 0 Å². The first-order valence-electron chi connectivity index (χ1n) is 11.9. The second kappa shape index (κ2) is 15.8. The van der Waals surface area contributed by atoms with Crippen LogP contribution < -0.4 is 9.81 Å². The van der Waals surface area contributed by atoms with E-state index in [2.05, 4.69) is 123 Å². The first-order chi connectivity index (χ1) is 19.4. The molecule has 0 amide bonds. The van der Waals surface area contributed by atoms with Crippen molar-refractivity contribution >= 4 is 83.7 Å². The maximum atomic E-state index is 10.5. The van der Waals surface area contributed by atoms with E-state index >= 15 is 0 Å². The van der Waals surface area contributed by atoms with Crippen molar-refractivity contribution in [2.75, 3.05) is 0 Å². The van der Waals surface area contributed by atoms with Crippen LogP contribution in [0.3, 0.4) is 0 Å². The van der Waals surface area contributed by atoms with E-state index < -0.39 is 42.0 Å². The molecule has 0 radical (unpaired) electrons. The Labute approximate surface area is 265 Å². The first-order valence-corrected chi connectivity index (χ1v) is 21.5. The molecule has 0 heterocycles. The Balaban J connectivity index is 0.000000181.